The zero-order valence-electron chi connectivity index (χ0n) is 14.8. The monoisotopic (exact) mass is 406 g/mol. The van der Waals surface area contributed by atoms with Crippen LogP contribution in [-0.2, 0) is 16.2 Å². The molecule has 1 unspecified atom stereocenters. The van der Waals surface area contributed by atoms with Gasteiger partial charge in [0.15, 0.2) is 0 Å². The molecule has 3 aromatic rings. The number of hydrogen-bond donors (Lipinski definition) is 0. The molecule has 0 aliphatic heterocycles. The Bertz CT molecular complexity index is 983. The number of benzene rings is 2. The first-order valence-corrected chi connectivity index (χ1v) is 9.76. The van der Waals surface area contributed by atoms with E-state index in [1.54, 1.807) is 48.7 Å². The molecule has 146 valence electrons. The highest BCUT2D eigenvalue weighted by atomic mass is 32.2. The van der Waals surface area contributed by atoms with Crippen molar-refractivity contribution in [2.75, 3.05) is 7.05 Å². The molecular formula is C20H17F3N2O2S. The molecular weight excluding hydrogens is 389 g/mol. The number of rotatable bonds is 5. The lowest BCUT2D eigenvalue weighted by Gasteiger charge is -2.27. The minimum absolute atomic E-state index is 0.222. The first-order chi connectivity index (χ1) is 13.2. The fraction of sp³-hybridized carbons (Fsp3) is 0.150. The second kappa shape index (κ2) is 7.73. The van der Waals surface area contributed by atoms with Crippen LogP contribution in [0.1, 0.15) is 22.9 Å². The highest BCUT2D eigenvalue weighted by Crippen LogP contribution is 2.33. The average molecular weight is 406 g/mol. The van der Waals surface area contributed by atoms with E-state index < -0.39 is 27.8 Å². The highest BCUT2D eigenvalue weighted by Gasteiger charge is 2.33. The van der Waals surface area contributed by atoms with E-state index in [0.717, 1.165) is 28.6 Å². The third-order valence-electron chi connectivity index (χ3n) is 4.31. The van der Waals surface area contributed by atoms with Crippen LogP contribution in [0.2, 0.25) is 0 Å². The molecule has 0 N–H and O–H groups in total. The predicted molar refractivity (Wildman–Crippen MR) is 98.9 cm³/mol. The number of hydrogen-bond acceptors (Lipinski definition) is 3. The van der Waals surface area contributed by atoms with Gasteiger partial charge >= 0.3 is 6.18 Å². The molecule has 0 radical (unpaired) electrons. The van der Waals surface area contributed by atoms with Gasteiger partial charge < -0.3 is 0 Å². The molecule has 8 heteroatoms. The quantitative estimate of drug-likeness (QED) is 0.626. The van der Waals surface area contributed by atoms with Gasteiger partial charge in [-0.05, 0) is 42.0 Å². The van der Waals surface area contributed by atoms with Crippen molar-refractivity contribution in [1.29, 1.82) is 0 Å². The molecule has 1 atom stereocenters. The van der Waals surface area contributed by atoms with Crippen molar-refractivity contribution < 1.29 is 21.6 Å². The van der Waals surface area contributed by atoms with E-state index in [2.05, 4.69) is 4.98 Å². The Kier molecular flexibility index (Phi) is 5.53. The molecule has 28 heavy (non-hydrogen) atoms. The molecule has 0 aliphatic rings. The van der Waals surface area contributed by atoms with E-state index in [0.29, 0.717) is 11.3 Å². The standard InChI is InChI=1S/C20H17F3N2O2S/c1-25(28(26,27)17-12-10-16(11-13-17)20(21,22)23)19(15-7-3-2-4-8-15)18-9-5-6-14-24-18/h2-14,19H,1H3. The predicted octanol–water partition coefficient (Wildman–Crippen LogP) is 4.51. The minimum atomic E-state index is -4.53. The summed E-state index contributed by atoms with van der Waals surface area (Å²) < 4.78 is 65.6. The average Bonchev–Trinajstić information content (AvgIpc) is 2.69. The Labute approximate surface area is 161 Å². The van der Waals surface area contributed by atoms with Crippen LogP contribution < -0.4 is 0 Å². The summed E-state index contributed by atoms with van der Waals surface area (Å²) in [5, 5.41) is 0. The first-order valence-electron chi connectivity index (χ1n) is 8.32. The van der Waals surface area contributed by atoms with E-state index in [9.17, 15) is 21.6 Å². The number of alkyl halides is 3. The zero-order valence-corrected chi connectivity index (χ0v) is 15.7. The van der Waals surface area contributed by atoms with Crippen LogP contribution in [0.5, 0.6) is 0 Å². The molecule has 0 saturated heterocycles. The van der Waals surface area contributed by atoms with Crippen molar-refractivity contribution in [2.24, 2.45) is 0 Å². The fourth-order valence-electron chi connectivity index (χ4n) is 2.86. The maximum Gasteiger partial charge on any atom is 0.416 e. The van der Waals surface area contributed by atoms with Gasteiger partial charge in [0.2, 0.25) is 10.0 Å². The SMILES string of the molecule is CN(C(c1ccccc1)c1ccccn1)S(=O)(=O)c1ccc(C(F)(F)F)cc1. The fourth-order valence-corrected chi connectivity index (χ4v) is 4.18. The largest absolute Gasteiger partial charge is 0.416 e. The van der Waals surface area contributed by atoms with Crippen molar-refractivity contribution in [2.45, 2.75) is 17.1 Å². The highest BCUT2D eigenvalue weighted by molar-refractivity contribution is 7.89. The number of nitrogens with zero attached hydrogens (tertiary/aromatic N) is 2. The molecule has 0 saturated carbocycles. The smallest absolute Gasteiger partial charge is 0.259 e. The maximum atomic E-state index is 13.1. The van der Waals surface area contributed by atoms with Crippen LogP contribution in [0.4, 0.5) is 13.2 Å². The summed E-state index contributed by atoms with van der Waals surface area (Å²) >= 11 is 0. The second-order valence-corrected chi connectivity index (χ2v) is 8.11. The number of pyridine rings is 1. The molecule has 1 heterocycles. The van der Waals surface area contributed by atoms with Crippen molar-refractivity contribution in [3.63, 3.8) is 0 Å². The van der Waals surface area contributed by atoms with Gasteiger partial charge in [0.05, 0.1) is 22.2 Å². The Morgan fingerprint density at radius 1 is 0.893 bits per heavy atom. The number of sulfonamides is 1. The molecule has 0 spiro atoms. The van der Waals surface area contributed by atoms with Gasteiger partial charge in [-0.1, -0.05) is 36.4 Å². The summed E-state index contributed by atoms with van der Waals surface area (Å²) in [4.78, 5) is 4.05. The van der Waals surface area contributed by atoms with Crippen molar-refractivity contribution >= 4 is 10.0 Å². The van der Waals surface area contributed by atoms with Gasteiger partial charge in [0, 0.05) is 13.2 Å². The molecule has 1 aromatic heterocycles. The third-order valence-corrected chi connectivity index (χ3v) is 6.14. The van der Waals surface area contributed by atoms with Gasteiger partial charge in [-0.15, -0.1) is 0 Å². The van der Waals surface area contributed by atoms with E-state index in [4.69, 9.17) is 0 Å². The topological polar surface area (TPSA) is 50.3 Å². The van der Waals surface area contributed by atoms with Crippen molar-refractivity contribution in [3.05, 3.63) is 95.8 Å². The maximum absolute atomic E-state index is 13.1. The lowest BCUT2D eigenvalue weighted by molar-refractivity contribution is -0.137. The van der Waals surface area contributed by atoms with E-state index in [-0.39, 0.29) is 4.90 Å². The summed E-state index contributed by atoms with van der Waals surface area (Å²) in [7, 11) is -2.68. The Morgan fingerprint density at radius 2 is 1.50 bits per heavy atom. The lowest BCUT2D eigenvalue weighted by Crippen LogP contribution is -2.32. The van der Waals surface area contributed by atoms with Crippen LogP contribution in [-0.4, -0.2) is 24.8 Å². The minimum Gasteiger partial charge on any atom is -0.259 e. The molecule has 2 aromatic carbocycles. The summed E-state index contributed by atoms with van der Waals surface area (Å²) in [5.74, 6) is 0. The third kappa shape index (κ3) is 4.07. The second-order valence-electron chi connectivity index (χ2n) is 6.11. The van der Waals surface area contributed by atoms with Gasteiger partial charge in [-0.3, -0.25) is 4.98 Å². The van der Waals surface area contributed by atoms with Crippen LogP contribution in [0.15, 0.2) is 83.9 Å². The van der Waals surface area contributed by atoms with Gasteiger partial charge in [0.1, 0.15) is 0 Å². The van der Waals surface area contributed by atoms with Crippen LogP contribution in [0.25, 0.3) is 0 Å². The van der Waals surface area contributed by atoms with E-state index in [1.165, 1.54) is 7.05 Å². The van der Waals surface area contributed by atoms with Gasteiger partial charge in [0.25, 0.3) is 0 Å². The summed E-state index contributed by atoms with van der Waals surface area (Å²) in [5.41, 5.74) is 0.296. The Hall–Kier alpha value is -2.71. The van der Waals surface area contributed by atoms with Crippen LogP contribution in [0, 0.1) is 0 Å². The van der Waals surface area contributed by atoms with Gasteiger partial charge in [-0.25, -0.2) is 8.42 Å². The molecule has 4 nitrogen and oxygen atoms in total. The van der Waals surface area contributed by atoms with Crippen LogP contribution >= 0.6 is 0 Å². The van der Waals surface area contributed by atoms with Crippen LogP contribution in [0.3, 0.4) is 0 Å². The van der Waals surface area contributed by atoms with Crippen molar-refractivity contribution in [1.82, 2.24) is 9.29 Å². The molecule has 0 amide bonds. The summed E-state index contributed by atoms with van der Waals surface area (Å²) in [6, 6.07) is 16.8. The van der Waals surface area contributed by atoms with E-state index >= 15 is 0 Å². The first kappa shape index (κ1) is 20.0. The van der Waals surface area contributed by atoms with E-state index in [1.807, 2.05) is 6.07 Å². The normalized spacial score (nSPS) is 13.5. The molecule has 0 fully saturated rings. The molecule has 3 rings (SSSR count). The Balaban J connectivity index is 2.04. The molecule has 0 bridgehead atoms. The lowest BCUT2D eigenvalue weighted by atomic mass is 10.0. The number of aromatic nitrogens is 1. The molecule has 0 aliphatic carbocycles. The summed E-state index contributed by atoms with van der Waals surface area (Å²) in [6.45, 7) is 0. The van der Waals surface area contributed by atoms with Gasteiger partial charge in [-0.2, -0.15) is 17.5 Å². The zero-order chi connectivity index (χ0) is 20.4. The Morgan fingerprint density at radius 3 is 2.04 bits per heavy atom. The number of halogens is 3. The van der Waals surface area contributed by atoms with Crippen molar-refractivity contribution in [3.8, 4) is 0 Å². The summed E-state index contributed by atoms with van der Waals surface area (Å²) in [6.07, 6.45) is -2.97.